The van der Waals surface area contributed by atoms with Gasteiger partial charge in [-0.25, -0.2) is 4.98 Å². The average molecular weight is 321 g/mol. The van der Waals surface area contributed by atoms with E-state index in [1.165, 1.54) is 0 Å². The summed E-state index contributed by atoms with van der Waals surface area (Å²) in [5, 5.41) is 3.34. The summed E-state index contributed by atoms with van der Waals surface area (Å²) in [6.45, 7) is 7.54. The number of hydrogen-bond donors (Lipinski definition) is 2. The third-order valence-corrected chi connectivity index (χ3v) is 4.51. The summed E-state index contributed by atoms with van der Waals surface area (Å²) in [6, 6.07) is 0. The molecule has 3 N–H and O–H groups in total. The number of carbonyl (C=O) groups is 1. The number of rotatable bonds is 4. The highest BCUT2D eigenvalue weighted by molar-refractivity contribution is 5.84. The van der Waals surface area contributed by atoms with Gasteiger partial charge in [0.1, 0.15) is 5.82 Å². The molecular weight excluding hydrogens is 294 g/mol. The number of guanidine groups is 1. The topological polar surface area (TPSA) is 91.8 Å². The maximum Gasteiger partial charge on any atom is 0.237 e. The molecule has 1 aliphatic rings. The minimum atomic E-state index is -0.615. The van der Waals surface area contributed by atoms with E-state index in [0.717, 1.165) is 38.0 Å². The first-order chi connectivity index (χ1) is 10.9. The normalized spacial score (nSPS) is 17.4. The Hall–Kier alpha value is -2.09. The molecule has 2 heterocycles. The SMILES string of the molecule is CN=C(NCc1nccn1C)N1CCN(C(C)(C)C(N)=O)CC1. The number of nitrogens with two attached hydrogens (primary N) is 1. The molecule has 1 aromatic rings. The Bertz CT molecular complexity index is 570. The zero-order valence-corrected chi connectivity index (χ0v) is 14.4. The van der Waals surface area contributed by atoms with Crippen LogP contribution in [0.15, 0.2) is 17.4 Å². The Morgan fingerprint density at radius 2 is 2.04 bits per heavy atom. The zero-order chi connectivity index (χ0) is 17.0. The molecule has 0 radical (unpaired) electrons. The number of primary amides is 1. The summed E-state index contributed by atoms with van der Waals surface area (Å²) >= 11 is 0. The number of aryl methyl sites for hydroxylation is 1. The second-order valence-electron chi connectivity index (χ2n) is 6.25. The van der Waals surface area contributed by atoms with Gasteiger partial charge in [-0.2, -0.15) is 0 Å². The van der Waals surface area contributed by atoms with Crippen molar-refractivity contribution in [2.75, 3.05) is 33.2 Å². The molecule has 1 amide bonds. The van der Waals surface area contributed by atoms with Crippen LogP contribution < -0.4 is 11.1 Å². The number of piperazine rings is 1. The fraction of sp³-hybridized carbons (Fsp3) is 0.667. The maximum absolute atomic E-state index is 11.6. The van der Waals surface area contributed by atoms with E-state index in [1.54, 1.807) is 13.2 Å². The van der Waals surface area contributed by atoms with Crippen molar-refractivity contribution in [1.29, 1.82) is 0 Å². The minimum absolute atomic E-state index is 0.289. The second kappa shape index (κ2) is 6.99. The number of carbonyl (C=O) groups excluding carboxylic acids is 1. The molecule has 0 aliphatic carbocycles. The van der Waals surface area contributed by atoms with E-state index in [1.807, 2.05) is 31.7 Å². The summed E-state index contributed by atoms with van der Waals surface area (Å²) in [6.07, 6.45) is 3.70. The fourth-order valence-corrected chi connectivity index (χ4v) is 2.69. The molecule has 0 spiro atoms. The monoisotopic (exact) mass is 321 g/mol. The van der Waals surface area contributed by atoms with E-state index in [-0.39, 0.29) is 5.91 Å². The van der Waals surface area contributed by atoms with Crippen LogP contribution in [-0.4, -0.2) is 70.0 Å². The molecule has 0 bridgehead atoms. The van der Waals surface area contributed by atoms with Crippen LogP contribution in [0.25, 0.3) is 0 Å². The van der Waals surface area contributed by atoms with Gasteiger partial charge in [-0.3, -0.25) is 14.7 Å². The lowest BCUT2D eigenvalue weighted by Crippen LogP contribution is -2.61. The van der Waals surface area contributed by atoms with Crippen LogP contribution in [0, 0.1) is 0 Å². The van der Waals surface area contributed by atoms with E-state index < -0.39 is 5.54 Å². The van der Waals surface area contributed by atoms with E-state index >= 15 is 0 Å². The molecule has 1 aliphatic heterocycles. The van der Waals surface area contributed by atoms with Crippen molar-refractivity contribution in [2.24, 2.45) is 17.8 Å². The number of imidazole rings is 1. The second-order valence-corrected chi connectivity index (χ2v) is 6.25. The number of amides is 1. The van der Waals surface area contributed by atoms with Gasteiger partial charge in [0, 0.05) is 52.7 Å². The molecule has 2 rings (SSSR count). The summed E-state index contributed by atoms with van der Waals surface area (Å²) in [7, 11) is 3.75. The molecule has 8 nitrogen and oxygen atoms in total. The van der Waals surface area contributed by atoms with Crippen molar-refractivity contribution in [3.63, 3.8) is 0 Å². The predicted molar refractivity (Wildman–Crippen MR) is 89.8 cm³/mol. The van der Waals surface area contributed by atoms with Crippen molar-refractivity contribution in [3.8, 4) is 0 Å². The first kappa shape index (κ1) is 17.3. The molecule has 8 heteroatoms. The lowest BCUT2D eigenvalue weighted by molar-refractivity contribution is -0.129. The number of nitrogens with one attached hydrogen (secondary N) is 1. The van der Waals surface area contributed by atoms with Gasteiger partial charge < -0.3 is 20.5 Å². The predicted octanol–water partition coefficient (Wildman–Crippen LogP) is -0.623. The Balaban J connectivity index is 1.90. The lowest BCUT2D eigenvalue weighted by atomic mass is 10.0. The van der Waals surface area contributed by atoms with Gasteiger partial charge in [-0.1, -0.05) is 0 Å². The molecule has 1 fully saturated rings. The maximum atomic E-state index is 11.6. The van der Waals surface area contributed by atoms with Crippen LogP contribution in [0.2, 0.25) is 0 Å². The summed E-state index contributed by atoms with van der Waals surface area (Å²) in [5.74, 6) is 1.52. The number of aromatic nitrogens is 2. The van der Waals surface area contributed by atoms with Crippen LogP contribution in [0.3, 0.4) is 0 Å². The number of hydrogen-bond acceptors (Lipinski definition) is 4. The third kappa shape index (κ3) is 3.82. The highest BCUT2D eigenvalue weighted by Crippen LogP contribution is 2.16. The smallest absolute Gasteiger partial charge is 0.237 e. The van der Waals surface area contributed by atoms with Gasteiger partial charge in [0.05, 0.1) is 12.1 Å². The summed E-state index contributed by atoms with van der Waals surface area (Å²) in [4.78, 5) is 24.5. The summed E-state index contributed by atoms with van der Waals surface area (Å²) in [5.41, 5.74) is 4.88. The Labute approximate surface area is 137 Å². The lowest BCUT2D eigenvalue weighted by Gasteiger charge is -2.43. The van der Waals surface area contributed by atoms with Gasteiger partial charge >= 0.3 is 0 Å². The number of aliphatic imine (C=N–C) groups is 1. The molecule has 1 aromatic heterocycles. The van der Waals surface area contributed by atoms with Gasteiger partial charge in [0.15, 0.2) is 5.96 Å². The highest BCUT2D eigenvalue weighted by atomic mass is 16.1. The highest BCUT2D eigenvalue weighted by Gasteiger charge is 2.35. The molecule has 0 saturated carbocycles. The zero-order valence-electron chi connectivity index (χ0n) is 14.4. The van der Waals surface area contributed by atoms with Gasteiger partial charge in [-0.15, -0.1) is 0 Å². The molecule has 23 heavy (non-hydrogen) atoms. The molecule has 0 unspecified atom stereocenters. The van der Waals surface area contributed by atoms with Gasteiger partial charge in [0.2, 0.25) is 5.91 Å². The van der Waals surface area contributed by atoms with Crippen molar-refractivity contribution in [3.05, 3.63) is 18.2 Å². The van der Waals surface area contributed by atoms with Crippen LogP contribution in [0.1, 0.15) is 19.7 Å². The van der Waals surface area contributed by atoms with E-state index in [9.17, 15) is 4.79 Å². The van der Waals surface area contributed by atoms with Gasteiger partial charge in [0.25, 0.3) is 0 Å². The standard InChI is InChI=1S/C15H27N7O/c1-15(2,13(16)23)22-9-7-21(8-10-22)14(17-3)19-11-12-18-5-6-20(12)4/h5-6H,7-11H2,1-4H3,(H2,16,23)(H,17,19). The minimum Gasteiger partial charge on any atom is -0.368 e. The van der Waals surface area contributed by atoms with Crippen LogP contribution in [0.4, 0.5) is 0 Å². The van der Waals surface area contributed by atoms with E-state index in [4.69, 9.17) is 5.73 Å². The van der Waals surface area contributed by atoms with Crippen molar-refractivity contribution in [2.45, 2.75) is 25.9 Å². The largest absolute Gasteiger partial charge is 0.368 e. The van der Waals surface area contributed by atoms with Crippen molar-refractivity contribution in [1.82, 2.24) is 24.7 Å². The quantitative estimate of drug-likeness (QED) is 0.569. The van der Waals surface area contributed by atoms with Crippen molar-refractivity contribution < 1.29 is 4.79 Å². The van der Waals surface area contributed by atoms with Gasteiger partial charge in [-0.05, 0) is 13.8 Å². The Morgan fingerprint density at radius 1 is 1.39 bits per heavy atom. The molecular formula is C15H27N7O. The number of nitrogens with zero attached hydrogens (tertiary/aromatic N) is 5. The third-order valence-electron chi connectivity index (χ3n) is 4.51. The first-order valence-electron chi connectivity index (χ1n) is 7.83. The van der Waals surface area contributed by atoms with Crippen LogP contribution in [-0.2, 0) is 18.4 Å². The Kier molecular flexibility index (Phi) is 5.25. The Morgan fingerprint density at radius 3 is 2.52 bits per heavy atom. The van der Waals surface area contributed by atoms with E-state index in [2.05, 4.69) is 25.1 Å². The van der Waals surface area contributed by atoms with E-state index in [0.29, 0.717) is 6.54 Å². The van der Waals surface area contributed by atoms with Crippen molar-refractivity contribution >= 4 is 11.9 Å². The van der Waals surface area contributed by atoms with Crippen LogP contribution in [0.5, 0.6) is 0 Å². The average Bonchev–Trinajstić information content (AvgIpc) is 2.93. The summed E-state index contributed by atoms with van der Waals surface area (Å²) < 4.78 is 1.98. The first-order valence-corrected chi connectivity index (χ1v) is 7.83. The molecule has 0 atom stereocenters. The molecule has 1 saturated heterocycles. The molecule has 128 valence electrons. The van der Waals surface area contributed by atoms with Crippen LogP contribution >= 0.6 is 0 Å². The molecule has 0 aromatic carbocycles. The fourth-order valence-electron chi connectivity index (χ4n) is 2.69.